The van der Waals surface area contributed by atoms with Crippen molar-refractivity contribution in [1.29, 1.82) is 5.26 Å². The lowest BCUT2D eigenvalue weighted by Crippen LogP contribution is -2.10. The molecule has 7 nitrogen and oxygen atoms in total. The molecule has 40 heavy (non-hydrogen) atoms. The van der Waals surface area contributed by atoms with E-state index < -0.39 is 0 Å². The van der Waals surface area contributed by atoms with Gasteiger partial charge in [-0.2, -0.15) is 10.2 Å². The minimum absolute atomic E-state index is 0.348. The number of nitrogens with zero attached hydrogens (tertiary/aromatic N) is 3. The summed E-state index contributed by atoms with van der Waals surface area (Å²) in [5.74, 6) is 2.02. The number of aromatic nitrogens is 2. The van der Waals surface area contributed by atoms with E-state index in [0.717, 1.165) is 16.7 Å². The van der Waals surface area contributed by atoms with Crippen LogP contribution in [0.2, 0.25) is 0 Å². The van der Waals surface area contributed by atoms with E-state index in [1.807, 2.05) is 109 Å². The third-order valence-corrected chi connectivity index (χ3v) is 6.29. The van der Waals surface area contributed by atoms with Crippen LogP contribution in [0.4, 0.5) is 11.8 Å². The second-order valence-corrected chi connectivity index (χ2v) is 9.05. The maximum atomic E-state index is 10.2. The van der Waals surface area contributed by atoms with Crippen LogP contribution >= 0.6 is 0 Å². The van der Waals surface area contributed by atoms with Gasteiger partial charge in [0.05, 0.1) is 12.8 Å². The first-order valence-corrected chi connectivity index (χ1v) is 13.0. The zero-order valence-electron chi connectivity index (χ0n) is 22.2. The van der Waals surface area contributed by atoms with E-state index in [4.69, 9.17) is 14.5 Å². The predicted molar refractivity (Wildman–Crippen MR) is 157 cm³/mol. The third-order valence-electron chi connectivity index (χ3n) is 6.29. The molecular weight excluding hydrogens is 498 g/mol. The second-order valence-electron chi connectivity index (χ2n) is 9.05. The van der Waals surface area contributed by atoms with E-state index in [9.17, 15) is 5.26 Å². The molecule has 0 aliphatic heterocycles. The van der Waals surface area contributed by atoms with Crippen molar-refractivity contribution in [2.24, 2.45) is 0 Å². The number of hydrogen-bond donors (Lipinski definition) is 2. The van der Waals surface area contributed by atoms with Crippen LogP contribution in [0.1, 0.15) is 22.3 Å². The molecule has 7 heteroatoms. The molecule has 0 amide bonds. The summed E-state index contributed by atoms with van der Waals surface area (Å²) in [6, 6.07) is 37.8. The van der Waals surface area contributed by atoms with Crippen molar-refractivity contribution in [2.75, 3.05) is 17.7 Å². The van der Waals surface area contributed by atoms with Crippen LogP contribution in [0.15, 0.2) is 109 Å². The SMILES string of the molecule is COc1cc(-c2nc(NCc3ccccc3)nc(NCc3ccccc3)c2C#N)ccc1OCc1ccccc1. The molecule has 0 radical (unpaired) electrons. The Hall–Kier alpha value is -5.35. The molecule has 1 aromatic heterocycles. The maximum Gasteiger partial charge on any atom is 0.225 e. The molecule has 0 aliphatic rings. The molecule has 2 N–H and O–H groups in total. The smallest absolute Gasteiger partial charge is 0.225 e. The topological polar surface area (TPSA) is 92.1 Å². The highest BCUT2D eigenvalue weighted by Gasteiger charge is 2.18. The first-order chi connectivity index (χ1) is 19.7. The fraction of sp³-hybridized carbons (Fsp3) is 0.121. The molecule has 4 aromatic carbocycles. The summed E-state index contributed by atoms with van der Waals surface area (Å²) < 4.78 is 11.7. The number of nitrogens with one attached hydrogen (secondary N) is 2. The summed E-state index contributed by atoms with van der Waals surface area (Å²) >= 11 is 0. The van der Waals surface area contributed by atoms with Gasteiger partial charge in [0.15, 0.2) is 17.3 Å². The summed E-state index contributed by atoms with van der Waals surface area (Å²) in [6.07, 6.45) is 0. The van der Waals surface area contributed by atoms with Crippen LogP contribution < -0.4 is 20.1 Å². The molecule has 0 saturated carbocycles. The first-order valence-electron chi connectivity index (χ1n) is 13.0. The lowest BCUT2D eigenvalue weighted by atomic mass is 10.1. The van der Waals surface area contributed by atoms with Gasteiger partial charge >= 0.3 is 0 Å². The summed E-state index contributed by atoms with van der Waals surface area (Å²) in [5.41, 5.74) is 4.79. The Morgan fingerprint density at radius 2 is 1.30 bits per heavy atom. The minimum Gasteiger partial charge on any atom is -0.493 e. The van der Waals surface area contributed by atoms with Crippen molar-refractivity contribution in [3.8, 4) is 28.8 Å². The first kappa shape index (κ1) is 26.3. The second kappa shape index (κ2) is 12.9. The fourth-order valence-electron chi connectivity index (χ4n) is 4.21. The van der Waals surface area contributed by atoms with E-state index in [1.165, 1.54) is 0 Å². The summed E-state index contributed by atoms with van der Waals surface area (Å²) in [4.78, 5) is 9.43. The van der Waals surface area contributed by atoms with Gasteiger partial charge < -0.3 is 20.1 Å². The largest absolute Gasteiger partial charge is 0.493 e. The Labute approximate surface area is 234 Å². The van der Waals surface area contributed by atoms with Gasteiger partial charge in [0, 0.05) is 18.7 Å². The molecule has 5 rings (SSSR count). The molecule has 0 aliphatic carbocycles. The van der Waals surface area contributed by atoms with Gasteiger partial charge in [0.1, 0.15) is 18.2 Å². The molecule has 0 spiro atoms. The average Bonchev–Trinajstić information content (AvgIpc) is 3.03. The molecule has 0 bridgehead atoms. The van der Waals surface area contributed by atoms with Gasteiger partial charge in [-0.05, 0) is 34.9 Å². The standard InChI is InChI=1S/C33H29N5O2/c1-39-30-19-27(17-18-29(30)40-23-26-15-9-4-10-16-26)31-28(20-34)32(35-21-24-11-5-2-6-12-24)38-33(37-31)36-22-25-13-7-3-8-14-25/h2-19H,21-23H2,1H3,(H2,35,36,37,38). The van der Waals surface area contributed by atoms with Gasteiger partial charge in [0.25, 0.3) is 0 Å². The quantitative estimate of drug-likeness (QED) is 0.195. The van der Waals surface area contributed by atoms with Crippen molar-refractivity contribution >= 4 is 11.8 Å². The van der Waals surface area contributed by atoms with Gasteiger partial charge in [-0.25, -0.2) is 4.98 Å². The molecule has 198 valence electrons. The molecule has 0 unspecified atom stereocenters. The maximum absolute atomic E-state index is 10.2. The van der Waals surface area contributed by atoms with Crippen molar-refractivity contribution in [3.05, 3.63) is 131 Å². The van der Waals surface area contributed by atoms with Gasteiger partial charge in [0.2, 0.25) is 5.95 Å². The number of nitriles is 1. The Morgan fingerprint density at radius 3 is 1.90 bits per heavy atom. The monoisotopic (exact) mass is 527 g/mol. The van der Waals surface area contributed by atoms with Crippen molar-refractivity contribution in [2.45, 2.75) is 19.7 Å². The van der Waals surface area contributed by atoms with Crippen molar-refractivity contribution < 1.29 is 9.47 Å². The molecular formula is C33H29N5O2. The lowest BCUT2D eigenvalue weighted by molar-refractivity contribution is 0.284. The zero-order chi connectivity index (χ0) is 27.6. The highest BCUT2D eigenvalue weighted by atomic mass is 16.5. The highest BCUT2D eigenvalue weighted by molar-refractivity contribution is 5.76. The normalized spacial score (nSPS) is 10.4. The van der Waals surface area contributed by atoms with Crippen LogP contribution in [-0.2, 0) is 19.7 Å². The number of anilines is 2. The molecule has 1 heterocycles. The van der Waals surface area contributed by atoms with Crippen molar-refractivity contribution in [3.63, 3.8) is 0 Å². The van der Waals surface area contributed by atoms with Crippen molar-refractivity contribution in [1.82, 2.24) is 9.97 Å². The summed E-state index contributed by atoms with van der Waals surface area (Å²) in [6.45, 7) is 1.47. The van der Waals surface area contributed by atoms with Crippen LogP contribution in [0.5, 0.6) is 11.5 Å². The molecule has 0 fully saturated rings. The minimum atomic E-state index is 0.348. The van der Waals surface area contributed by atoms with Gasteiger partial charge in [-0.15, -0.1) is 0 Å². The zero-order valence-corrected chi connectivity index (χ0v) is 22.2. The van der Waals surface area contributed by atoms with E-state index in [-0.39, 0.29) is 0 Å². The molecule has 5 aromatic rings. The highest BCUT2D eigenvalue weighted by Crippen LogP contribution is 2.35. The van der Waals surface area contributed by atoms with Gasteiger partial charge in [-0.1, -0.05) is 91.0 Å². The Morgan fingerprint density at radius 1 is 0.700 bits per heavy atom. The van der Waals surface area contributed by atoms with Crippen LogP contribution in [-0.4, -0.2) is 17.1 Å². The van der Waals surface area contributed by atoms with E-state index in [0.29, 0.717) is 59.8 Å². The lowest BCUT2D eigenvalue weighted by Gasteiger charge is -2.16. The van der Waals surface area contributed by atoms with Crippen LogP contribution in [0, 0.1) is 11.3 Å². The van der Waals surface area contributed by atoms with Crippen LogP contribution in [0.3, 0.4) is 0 Å². The van der Waals surface area contributed by atoms with Crippen LogP contribution in [0.25, 0.3) is 11.3 Å². The Balaban J connectivity index is 1.47. The summed E-state index contributed by atoms with van der Waals surface area (Å²) in [5, 5.41) is 16.9. The number of rotatable bonds is 11. The number of hydrogen-bond acceptors (Lipinski definition) is 7. The van der Waals surface area contributed by atoms with E-state index >= 15 is 0 Å². The fourth-order valence-corrected chi connectivity index (χ4v) is 4.21. The third kappa shape index (κ3) is 6.55. The Bertz CT molecular complexity index is 1590. The molecule has 0 saturated heterocycles. The van der Waals surface area contributed by atoms with E-state index in [1.54, 1.807) is 7.11 Å². The molecule has 0 atom stereocenters. The number of methoxy groups -OCH3 is 1. The average molecular weight is 528 g/mol. The summed E-state index contributed by atoms with van der Waals surface area (Å²) in [7, 11) is 1.60. The van der Waals surface area contributed by atoms with Gasteiger partial charge in [-0.3, -0.25) is 0 Å². The number of benzene rings is 4. The Kier molecular flexibility index (Phi) is 8.50. The number of ether oxygens (including phenoxy) is 2. The van der Waals surface area contributed by atoms with E-state index in [2.05, 4.69) is 21.7 Å². The predicted octanol–water partition coefficient (Wildman–Crippen LogP) is 6.83.